The van der Waals surface area contributed by atoms with Crippen molar-refractivity contribution in [1.82, 2.24) is 25.3 Å². The van der Waals surface area contributed by atoms with Gasteiger partial charge in [-0.25, -0.2) is 0 Å². The molecule has 0 radical (unpaired) electrons. The minimum absolute atomic E-state index is 0.247. The summed E-state index contributed by atoms with van der Waals surface area (Å²) in [5.74, 6) is -0.247. The monoisotopic (exact) mass is 276 g/mol. The Bertz CT molecular complexity index is 585. The van der Waals surface area contributed by atoms with Crippen molar-refractivity contribution in [3.05, 3.63) is 29.3 Å². The zero-order valence-corrected chi connectivity index (χ0v) is 11.8. The first-order valence-corrected chi connectivity index (χ1v) is 6.71. The van der Waals surface area contributed by atoms with E-state index in [9.17, 15) is 4.79 Å². The van der Waals surface area contributed by atoms with Gasteiger partial charge in [-0.2, -0.15) is 10.2 Å². The molecule has 0 aliphatic carbocycles. The predicted molar refractivity (Wildman–Crippen MR) is 76.2 cm³/mol. The summed E-state index contributed by atoms with van der Waals surface area (Å²) in [5, 5.41) is 13.7. The topological polar surface area (TPSA) is 102 Å². The summed E-state index contributed by atoms with van der Waals surface area (Å²) in [5.41, 5.74) is 8.52. The third kappa shape index (κ3) is 2.98. The lowest BCUT2D eigenvalue weighted by molar-refractivity contribution is 0.0950. The van der Waals surface area contributed by atoms with Gasteiger partial charge in [-0.15, -0.1) is 0 Å². The smallest absolute Gasteiger partial charge is 0.273 e. The summed E-state index contributed by atoms with van der Waals surface area (Å²) in [4.78, 5) is 12.0. The Morgan fingerprint density at radius 1 is 1.50 bits per heavy atom. The first kappa shape index (κ1) is 14.1. The molecule has 0 saturated heterocycles. The van der Waals surface area contributed by atoms with Crippen molar-refractivity contribution >= 4 is 11.6 Å². The fourth-order valence-corrected chi connectivity index (χ4v) is 2.03. The van der Waals surface area contributed by atoms with E-state index in [4.69, 9.17) is 5.73 Å². The van der Waals surface area contributed by atoms with Crippen molar-refractivity contribution in [2.45, 2.75) is 26.2 Å². The molecule has 0 aliphatic heterocycles. The molecule has 0 unspecified atom stereocenters. The van der Waals surface area contributed by atoms with Crippen LogP contribution in [0.15, 0.2) is 12.3 Å². The van der Waals surface area contributed by atoms with Gasteiger partial charge in [0.2, 0.25) is 0 Å². The fraction of sp³-hybridized carbons (Fsp3) is 0.462. The predicted octanol–water partition coefficient (Wildman–Crippen LogP) is 0.650. The average molecular weight is 276 g/mol. The summed E-state index contributed by atoms with van der Waals surface area (Å²) >= 11 is 0. The molecule has 4 N–H and O–H groups in total. The van der Waals surface area contributed by atoms with E-state index >= 15 is 0 Å². The number of carbonyl (C=O) groups excluding carboxylic acids is 1. The number of nitrogens with two attached hydrogens (primary N) is 1. The first-order chi connectivity index (χ1) is 9.63. The molecule has 0 fully saturated rings. The normalized spacial score (nSPS) is 10.7. The van der Waals surface area contributed by atoms with Gasteiger partial charge in [0.05, 0.1) is 11.4 Å². The zero-order valence-electron chi connectivity index (χ0n) is 11.8. The van der Waals surface area contributed by atoms with Crippen LogP contribution in [0.2, 0.25) is 0 Å². The molecule has 0 aliphatic rings. The van der Waals surface area contributed by atoms with Crippen LogP contribution in [0, 0.1) is 0 Å². The Kier molecular flexibility index (Phi) is 4.39. The molecule has 0 spiro atoms. The molecule has 0 saturated carbocycles. The van der Waals surface area contributed by atoms with E-state index < -0.39 is 0 Å². The van der Waals surface area contributed by atoms with E-state index in [1.54, 1.807) is 10.9 Å². The maximum absolute atomic E-state index is 12.0. The van der Waals surface area contributed by atoms with Gasteiger partial charge in [-0.3, -0.25) is 14.6 Å². The lowest BCUT2D eigenvalue weighted by atomic mass is 10.2. The molecule has 1 amide bonds. The molecule has 20 heavy (non-hydrogen) atoms. The Morgan fingerprint density at radius 3 is 2.95 bits per heavy atom. The van der Waals surface area contributed by atoms with E-state index in [0.717, 1.165) is 24.2 Å². The van der Waals surface area contributed by atoms with E-state index in [0.29, 0.717) is 18.7 Å². The van der Waals surface area contributed by atoms with E-state index in [-0.39, 0.29) is 11.6 Å². The maximum atomic E-state index is 12.0. The third-order valence-corrected chi connectivity index (χ3v) is 3.19. The van der Waals surface area contributed by atoms with Gasteiger partial charge in [-0.1, -0.05) is 13.3 Å². The SMILES string of the molecule is CCCc1[nH]nc(C(=O)NCCc2ccnn2C)c1N. The summed E-state index contributed by atoms with van der Waals surface area (Å²) in [6, 6.07) is 1.93. The number of hydrogen-bond donors (Lipinski definition) is 3. The number of aromatic amines is 1. The first-order valence-electron chi connectivity index (χ1n) is 6.71. The highest BCUT2D eigenvalue weighted by Crippen LogP contribution is 2.15. The van der Waals surface area contributed by atoms with Crippen molar-refractivity contribution in [3.63, 3.8) is 0 Å². The summed E-state index contributed by atoms with van der Waals surface area (Å²) in [6.45, 7) is 2.57. The lowest BCUT2D eigenvalue weighted by Crippen LogP contribution is -2.27. The number of rotatable bonds is 6. The van der Waals surface area contributed by atoms with E-state index in [1.165, 1.54) is 0 Å². The third-order valence-electron chi connectivity index (χ3n) is 3.19. The van der Waals surface area contributed by atoms with Gasteiger partial charge in [0.25, 0.3) is 5.91 Å². The second kappa shape index (κ2) is 6.23. The number of aromatic nitrogens is 4. The highest BCUT2D eigenvalue weighted by Gasteiger charge is 2.16. The van der Waals surface area contributed by atoms with Crippen molar-refractivity contribution in [3.8, 4) is 0 Å². The molecule has 7 nitrogen and oxygen atoms in total. The lowest BCUT2D eigenvalue weighted by Gasteiger charge is -2.04. The zero-order chi connectivity index (χ0) is 14.5. The Hall–Kier alpha value is -2.31. The summed E-state index contributed by atoms with van der Waals surface area (Å²) in [6.07, 6.45) is 4.20. The Morgan fingerprint density at radius 2 is 2.30 bits per heavy atom. The van der Waals surface area contributed by atoms with Crippen LogP contribution >= 0.6 is 0 Å². The van der Waals surface area contributed by atoms with Crippen molar-refractivity contribution < 1.29 is 4.79 Å². The second-order valence-electron chi connectivity index (χ2n) is 4.67. The minimum atomic E-state index is -0.247. The van der Waals surface area contributed by atoms with Gasteiger partial charge < -0.3 is 11.1 Å². The number of H-pyrrole nitrogens is 1. The van der Waals surface area contributed by atoms with Gasteiger partial charge >= 0.3 is 0 Å². The van der Waals surface area contributed by atoms with Crippen LogP contribution < -0.4 is 11.1 Å². The van der Waals surface area contributed by atoms with Crippen LogP contribution in [-0.4, -0.2) is 32.4 Å². The number of hydrogen-bond acceptors (Lipinski definition) is 4. The fourth-order valence-electron chi connectivity index (χ4n) is 2.03. The van der Waals surface area contributed by atoms with Crippen LogP contribution in [0.4, 0.5) is 5.69 Å². The summed E-state index contributed by atoms with van der Waals surface area (Å²) in [7, 11) is 1.87. The highest BCUT2D eigenvalue weighted by molar-refractivity contribution is 5.97. The van der Waals surface area contributed by atoms with Crippen LogP contribution in [0.1, 0.15) is 35.2 Å². The number of carbonyl (C=O) groups is 1. The van der Waals surface area contributed by atoms with Gasteiger partial charge in [0, 0.05) is 31.9 Å². The summed E-state index contributed by atoms with van der Waals surface area (Å²) < 4.78 is 1.79. The van der Waals surface area contributed by atoms with Gasteiger partial charge in [0.15, 0.2) is 5.69 Å². The molecule has 0 aromatic carbocycles. The van der Waals surface area contributed by atoms with Crippen LogP contribution in [-0.2, 0) is 19.9 Å². The second-order valence-corrected chi connectivity index (χ2v) is 4.67. The molecule has 108 valence electrons. The largest absolute Gasteiger partial charge is 0.395 e. The van der Waals surface area contributed by atoms with Gasteiger partial charge in [-0.05, 0) is 12.5 Å². The Balaban J connectivity index is 1.90. The van der Waals surface area contributed by atoms with Crippen molar-refractivity contribution in [2.24, 2.45) is 7.05 Å². The highest BCUT2D eigenvalue weighted by atomic mass is 16.1. The van der Waals surface area contributed by atoms with Crippen molar-refractivity contribution in [2.75, 3.05) is 12.3 Å². The number of nitrogen functional groups attached to an aromatic ring is 1. The molecule has 2 heterocycles. The number of nitrogens with zero attached hydrogens (tertiary/aromatic N) is 3. The Labute approximate surface area is 117 Å². The van der Waals surface area contributed by atoms with E-state index in [1.807, 2.05) is 20.0 Å². The number of aryl methyl sites for hydroxylation is 2. The van der Waals surface area contributed by atoms with Crippen LogP contribution in [0.3, 0.4) is 0 Å². The molecular formula is C13H20N6O. The molecule has 0 bridgehead atoms. The molecular weight excluding hydrogens is 256 g/mol. The number of amides is 1. The number of anilines is 1. The minimum Gasteiger partial charge on any atom is -0.395 e. The molecule has 0 atom stereocenters. The van der Waals surface area contributed by atoms with Crippen LogP contribution in [0.25, 0.3) is 0 Å². The quantitative estimate of drug-likeness (QED) is 0.721. The molecule has 2 aromatic rings. The van der Waals surface area contributed by atoms with E-state index in [2.05, 4.69) is 20.6 Å². The molecule has 2 aromatic heterocycles. The maximum Gasteiger partial charge on any atom is 0.273 e. The molecule has 2 rings (SSSR count). The van der Waals surface area contributed by atoms with Crippen molar-refractivity contribution in [1.29, 1.82) is 0 Å². The standard InChI is InChI=1S/C13H20N6O/c1-3-4-10-11(14)12(18-17-10)13(20)15-7-5-9-6-8-16-19(9)2/h6,8H,3-5,7,14H2,1-2H3,(H,15,20)(H,17,18). The average Bonchev–Trinajstić information content (AvgIpc) is 2.98. The van der Waals surface area contributed by atoms with Crippen LogP contribution in [0.5, 0.6) is 0 Å². The number of nitrogens with one attached hydrogen (secondary N) is 2. The molecule has 7 heteroatoms. The van der Waals surface area contributed by atoms with Gasteiger partial charge in [0.1, 0.15) is 0 Å².